The maximum atomic E-state index is 12.2. The maximum Gasteiger partial charge on any atom is 0.328 e. The molecule has 6 heteroatoms. The molecule has 0 spiro atoms. The van der Waals surface area contributed by atoms with E-state index in [4.69, 9.17) is 9.84 Å². The number of ether oxygens (including phenoxy) is 1. The van der Waals surface area contributed by atoms with Gasteiger partial charge in [-0.2, -0.15) is 0 Å². The van der Waals surface area contributed by atoms with Gasteiger partial charge in [-0.25, -0.2) is 4.79 Å². The SMILES string of the molecule is CN1CCC(C(=O)N2CCOCC2C(=O)O)C1. The smallest absolute Gasteiger partial charge is 0.328 e. The lowest BCUT2D eigenvalue weighted by Gasteiger charge is -2.34. The van der Waals surface area contributed by atoms with Crippen molar-refractivity contribution in [3.8, 4) is 0 Å². The first-order chi connectivity index (χ1) is 8.09. The maximum absolute atomic E-state index is 12.2. The molecule has 0 aromatic carbocycles. The number of carboxylic acids is 1. The highest BCUT2D eigenvalue weighted by Gasteiger charge is 2.37. The topological polar surface area (TPSA) is 70.1 Å². The molecule has 2 heterocycles. The van der Waals surface area contributed by atoms with Crippen LogP contribution in [0.25, 0.3) is 0 Å². The van der Waals surface area contributed by atoms with Gasteiger partial charge in [0.25, 0.3) is 0 Å². The summed E-state index contributed by atoms with van der Waals surface area (Å²) in [5, 5.41) is 9.07. The third-order valence-corrected chi connectivity index (χ3v) is 3.44. The lowest BCUT2D eigenvalue weighted by molar-refractivity contribution is -0.160. The molecule has 0 aromatic rings. The monoisotopic (exact) mass is 242 g/mol. The second kappa shape index (κ2) is 5.01. The average Bonchev–Trinajstić information content (AvgIpc) is 2.75. The van der Waals surface area contributed by atoms with Gasteiger partial charge in [0.1, 0.15) is 0 Å². The molecule has 2 aliphatic rings. The molecule has 1 N–H and O–H groups in total. The largest absolute Gasteiger partial charge is 0.480 e. The number of nitrogens with zero attached hydrogens (tertiary/aromatic N) is 2. The summed E-state index contributed by atoms with van der Waals surface area (Å²) in [6.07, 6.45) is 0.818. The van der Waals surface area contributed by atoms with E-state index in [0.29, 0.717) is 13.2 Å². The van der Waals surface area contributed by atoms with Crippen LogP contribution in [0.2, 0.25) is 0 Å². The third-order valence-electron chi connectivity index (χ3n) is 3.44. The van der Waals surface area contributed by atoms with E-state index in [1.165, 1.54) is 4.90 Å². The van der Waals surface area contributed by atoms with Crippen LogP contribution in [-0.2, 0) is 14.3 Å². The van der Waals surface area contributed by atoms with Gasteiger partial charge in [-0.1, -0.05) is 0 Å². The summed E-state index contributed by atoms with van der Waals surface area (Å²) < 4.78 is 5.12. The standard InChI is InChI=1S/C11H18N2O4/c1-12-3-2-8(6-12)10(14)13-4-5-17-7-9(13)11(15)16/h8-9H,2-7H2,1H3,(H,15,16). The summed E-state index contributed by atoms with van der Waals surface area (Å²) in [7, 11) is 1.97. The fourth-order valence-corrected chi connectivity index (χ4v) is 2.44. The number of amides is 1. The Hall–Kier alpha value is -1.14. The van der Waals surface area contributed by atoms with Crippen molar-refractivity contribution in [2.24, 2.45) is 5.92 Å². The number of carboxylic acid groups (broad SMARTS) is 1. The third kappa shape index (κ3) is 2.58. The summed E-state index contributed by atoms with van der Waals surface area (Å²) in [6.45, 7) is 2.54. The quantitative estimate of drug-likeness (QED) is 0.690. The van der Waals surface area contributed by atoms with E-state index in [0.717, 1.165) is 19.5 Å². The summed E-state index contributed by atoms with van der Waals surface area (Å²) in [6, 6.07) is -0.817. The van der Waals surface area contributed by atoms with Crippen LogP contribution in [0.3, 0.4) is 0 Å². The summed E-state index contributed by atoms with van der Waals surface area (Å²) >= 11 is 0. The van der Waals surface area contributed by atoms with Crippen LogP contribution in [-0.4, -0.2) is 72.7 Å². The van der Waals surface area contributed by atoms with E-state index in [1.54, 1.807) is 0 Å². The minimum atomic E-state index is -0.982. The summed E-state index contributed by atoms with van der Waals surface area (Å²) in [5.41, 5.74) is 0. The molecule has 2 fully saturated rings. The first-order valence-corrected chi connectivity index (χ1v) is 5.89. The minimum Gasteiger partial charge on any atom is -0.480 e. The Bertz CT molecular complexity index is 321. The van der Waals surface area contributed by atoms with E-state index in [9.17, 15) is 9.59 Å². The normalized spacial score (nSPS) is 30.5. The predicted octanol–water partition coefficient (Wildman–Crippen LogP) is -0.750. The van der Waals surface area contributed by atoms with Gasteiger partial charge >= 0.3 is 5.97 Å². The van der Waals surface area contributed by atoms with Crippen molar-refractivity contribution in [2.45, 2.75) is 12.5 Å². The molecule has 17 heavy (non-hydrogen) atoms. The van der Waals surface area contributed by atoms with Gasteiger partial charge in [-0.05, 0) is 20.0 Å². The van der Waals surface area contributed by atoms with Crippen LogP contribution in [0.15, 0.2) is 0 Å². The second-order valence-electron chi connectivity index (χ2n) is 4.71. The molecular weight excluding hydrogens is 224 g/mol. The zero-order valence-electron chi connectivity index (χ0n) is 9.96. The predicted molar refractivity (Wildman–Crippen MR) is 59.6 cm³/mol. The van der Waals surface area contributed by atoms with Crippen LogP contribution < -0.4 is 0 Å². The number of rotatable bonds is 2. The Morgan fingerprint density at radius 3 is 2.71 bits per heavy atom. The Labute approximate surface area is 100 Å². The second-order valence-corrected chi connectivity index (χ2v) is 4.71. The van der Waals surface area contributed by atoms with E-state index < -0.39 is 12.0 Å². The fourth-order valence-electron chi connectivity index (χ4n) is 2.44. The molecule has 0 bridgehead atoms. The molecule has 2 atom stereocenters. The van der Waals surface area contributed by atoms with Gasteiger partial charge in [-0.3, -0.25) is 4.79 Å². The highest BCUT2D eigenvalue weighted by molar-refractivity contribution is 5.85. The van der Waals surface area contributed by atoms with Gasteiger partial charge < -0.3 is 19.6 Å². The lowest BCUT2D eigenvalue weighted by Crippen LogP contribution is -2.54. The Kier molecular flexibility index (Phi) is 3.63. The van der Waals surface area contributed by atoms with Crippen LogP contribution in [0.4, 0.5) is 0 Å². The van der Waals surface area contributed by atoms with E-state index in [2.05, 4.69) is 4.90 Å². The van der Waals surface area contributed by atoms with Crippen molar-refractivity contribution < 1.29 is 19.4 Å². The Morgan fingerprint density at radius 1 is 1.35 bits per heavy atom. The molecule has 0 aromatic heterocycles. The minimum absolute atomic E-state index is 0.0370. The highest BCUT2D eigenvalue weighted by Crippen LogP contribution is 2.20. The Morgan fingerprint density at radius 2 is 2.12 bits per heavy atom. The molecule has 0 aliphatic carbocycles. The Balaban J connectivity index is 2.03. The molecular formula is C11H18N2O4. The van der Waals surface area contributed by atoms with Gasteiger partial charge in [0.2, 0.25) is 5.91 Å². The van der Waals surface area contributed by atoms with Gasteiger partial charge in [0.05, 0.1) is 19.1 Å². The molecule has 1 amide bonds. The zero-order valence-corrected chi connectivity index (χ0v) is 9.96. The molecule has 0 saturated carbocycles. The van der Waals surface area contributed by atoms with Crippen molar-refractivity contribution in [1.29, 1.82) is 0 Å². The molecule has 2 rings (SSSR count). The number of hydrogen-bond acceptors (Lipinski definition) is 4. The van der Waals surface area contributed by atoms with Crippen molar-refractivity contribution in [2.75, 3.05) is 39.9 Å². The van der Waals surface area contributed by atoms with Gasteiger partial charge in [0, 0.05) is 13.1 Å². The van der Waals surface area contributed by atoms with E-state index >= 15 is 0 Å². The molecule has 2 saturated heterocycles. The number of likely N-dealkylation sites (tertiary alicyclic amines) is 1. The molecule has 0 radical (unpaired) electrons. The average molecular weight is 242 g/mol. The van der Waals surface area contributed by atoms with Crippen molar-refractivity contribution in [3.05, 3.63) is 0 Å². The molecule has 96 valence electrons. The van der Waals surface area contributed by atoms with Crippen molar-refractivity contribution in [1.82, 2.24) is 9.80 Å². The number of morpholine rings is 1. The first kappa shape index (κ1) is 12.3. The van der Waals surface area contributed by atoms with Crippen LogP contribution in [0.5, 0.6) is 0 Å². The van der Waals surface area contributed by atoms with Crippen LogP contribution in [0.1, 0.15) is 6.42 Å². The highest BCUT2D eigenvalue weighted by atomic mass is 16.5. The van der Waals surface area contributed by atoms with Crippen LogP contribution >= 0.6 is 0 Å². The van der Waals surface area contributed by atoms with Crippen LogP contribution in [0, 0.1) is 5.92 Å². The number of aliphatic carboxylic acids is 1. The summed E-state index contributed by atoms with van der Waals surface area (Å²) in [5.74, 6) is -1.07. The molecule has 2 unspecified atom stereocenters. The van der Waals surface area contributed by atoms with Gasteiger partial charge in [-0.15, -0.1) is 0 Å². The fraction of sp³-hybridized carbons (Fsp3) is 0.818. The lowest BCUT2D eigenvalue weighted by atomic mass is 10.1. The van der Waals surface area contributed by atoms with E-state index in [-0.39, 0.29) is 18.4 Å². The number of carbonyl (C=O) groups is 2. The van der Waals surface area contributed by atoms with Gasteiger partial charge in [0.15, 0.2) is 6.04 Å². The number of carbonyl (C=O) groups excluding carboxylic acids is 1. The van der Waals surface area contributed by atoms with Crippen molar-refractivity contribution in [3.63, 3.8) is 0 Å². The first-order valence-electron chi connectivity index (χ1n) is 5.89. The molecule has 6 nitrogen and oxygen atoms in total. The molecule has 2 aliphatic heterocycles. The van der Waals surface area contributed by atoms with Crippen molar-refractivity contribution >= 4 is 11.9 Å². The number of hydrogen-bond donors (Lipinski definition) is 1. The zero-order chi connectivity index (χ0) is 12.4. The van der Waals surface area contributed by atoms with E-state index in [1.807, 2.05) is 7.05 Å². The summed E-state index contributed by atoms with van der Waals surface area (Å²) in [4.78, 5) is 26.9.